The number of alkyl carbamates (subject to hydrolysis) is 1. The largest absolute Gasteiger partial charge is 0.469 e. The van der Waals surface area contributed by atoms with Crippen molar-refractivity contribution in [1.82, 2.24) is 25.1 Å². The predicted octanol–water partition coefficient (Wildman–Crippen LogP) is 3.88. The molecule has 0 saturated heterocycles. The summed E-state index contributed by atoms with van der Waals surface area (Å²) in [5.41, 5.74) is 3.12. The molecule has 0 unspecified atom stereocenters. The lowest BCUT2D eigenvalue weighted by molar-refractivity contribution is -0.144. The Morgan fingerprint density at radius 3 is 2.37 bits per heavy atom. The van der Waals surface area contributed by atoms with Gasteiger partial charge in [-0.25, -0.2) is 9.78 Å². The second-order valence-electron chi connectivity index (χ2n) is 13.4. The maximum Gasteiger partial charge on any atom is 0.407 e. The number of amides is 3. The Kier molecular flexibility index (Phi) is 15.2. The van der Waals surface area contributed by atoms with Crippen molar-refractivity contribution < 1.29 is 42.9 Å². The molecule has 2 aromatic carbocycles. The van der Waals surface area contributed by atoms with Crippen molar-refractivity contribution in [3.63, 3.8) is 0 Å². The van der Waals surface area contributed by atoms with Gasteiger partial charge >= 0.3 is 12.1 Å². The zero-order valence-corrected chi connectivity index (χ0v) is 30.8. The van der Waals surface area contributed by atoms with E-state index in [2.05, 4.69) is 20.6 Å². The number of imidazole rings is 1. The minimum absolute atomic E-state index is 0.132. The van der Waals surface area contributed by atoms with E-state index in [-0.39, 0.29) is 24.8 Å². The van der Waals surface area contributed by atoms with E-state index in [0.29, 0.717) is 89.2 Å². The van der Waals surface area contributed by atoms with Crippen LogP contribution in [0.4, 0.5) is 10.5 Å². The average Bonchev–Trinajstić information content (AvgIpc) is 3.46. The third-order valence-corrected chi connectivity index (χ3v) is 8.02. The van der Waals surface area contributed by atoms with Crippen LogP contribution in [0, 0.1) is 0 Å². The second-order valence-corrected chi connectivity index (χ2v) is 13.4. The number of nitrogens with zero attached hydrogens (tertiary/aromatic N) is 3. The number of aromatic amines is 1. The fourth-order valence-electron chi connectivity index (χ4n) is 5.50. The van der Waals surface area contributed by atoms with E-state index in [0.717, 1.165) is 16.6 Å². The molecule has 3 aromatic rings. The summed E-state index contributed by atoms with van der Waals surface area (Å²) < 4.78 is 26.9. The number of carbonyl (C=O) groups excluding carboxylic acids is 4. The number of anilines is 1. The quantitative estimate of drug-likeness (QED) is 0.121. The van der Waals surface area contributed by atoms with Crippen molar-refractivity contribution in [2.24, 2.45) is 0 Å². The molecule has 1 aliphatic heterocycles. The van der Waals surface area contributed by atoms with Crippen LogP contribution in [0.3, 0.4) is 0 Å². The fourth-order valence-corrected chi connectivity index (χ4v) is 5.50. The van der Waals surface area contributed by atoms with E-state index < -0.39 is 23.7 Å². The minimum Gasteiger partial charge on any atom is -0.469 e. The number of aromatic nitrogens is 2. The van der Waals surface area contributed by atoms with Gasteiger partial charge < -0.3 is 49.1 Å². The lowest BCUT2D eigenvalue weighted by Gasteiger charge is -2.24. The third-order valence-electron chi connectivity index (χ3n) is 8.02. The zero-order valence-electron chi connectivity index (χ0n) is 30.8. The molecule has 1 aromatic heterocycles. The topological polar surface area (TPSA) is 174 Å². The molecule has 0 bridgehead atoms. The maximum absolute atomic E-state index is 13.6. The lowest BCUT2D eigenvalue weighted by Crippen LogP contribution is -2.42. The van der Waals surface area contributed by atoms with Crippen LogP contribution in [0.5, 0.6) is 0 Å². The summed E-state index contributed by atoms with van der Waals surface area (Å²) in [5, 5.41) is 5.89. The first kappa shape index (κ1) is 40.0. The SMILES string of the molecule is COC(=O)C[C@@H]1Nc2ccc(C(=O)N(C)Cc3nc4ccccc4[nH]3)cc2CN(CCCOCCOCCOCCCNC(=O)OC(C)(C)C)C1=O. The number of benzene rings is 2. The first-order chi connectivity index (χ1) is 24.9. The molecular weight excluding hydrogens is 672 g/mol. The smallest absolute Gasteiger partial charge is 0.407 e. The highest BCUT2D eigenvalue weighted by Gasteiger charge is 2.31. The van der Waals surface area contributed by atoms with E-state index in [1.165, 1.54) is 7.11 Å². The summed E-state index contributed by atoms with van der Waals surface area (Å²) in [6, 6.07) is 12.2. The van der Waals surface area contributed by atoms with E-state index in [1.54, 1.807) is 35.0 Å². The Bertz CT molecular complexity index is 1610. The summed E-state index contributed by atoms with van der Waals surface area (Å²) in [7, 11) is 3.01. The summed E-state index contributed by atoms with van der Waals surface area (Å²) in [5.74, 6) is -0.249. The van der Waals surface area contributed by atoms with Crippen molar-refractivity contribution in [2.75, 3.05) is 72.2 Å². The van der Waals surface area contributed by atoms with Gasteiger partial charge in [0.25, 0.3) is 5.91 Å². The third kappa shape index (κ3) is 12.8. The van der Waals surface area contributed by atoms with E-state index in [4.69, 9.17) is 23.7 Å². The Hall–Kier alpha value is -4.73. The molecule has 0 aliphatic carbocycles. The van der Waals surface area contributed by atoms with E-state index in [1.807, 2.05) is 45.0 Å². The Morgan fingerprint density at radius 1 is 0.981 bits per heavy atom. The predicted molar refractivity (Wildman–Crippen MR) is 194 cm³/mol. The standard InChI is InChI=1S/C37H52N6O9/c1-37(2,3)52-36(47)38-14-8-16-49-18-20-51-21-19-50-17-9-15-43-24-27-22-26(12-13-28(27)39-31(35(43)46)23-33(44)48-5)34(45)42(4)25-32-40-29-10-6-7-11-30(29)41-32/h6-7,10-13,22,31,39H,8-9,14-21,23-25H2,1-5H3,(H,38,47)(H,40,41)/t31-/m0/s1. The highest BCUT2D eigenvalue weighted by atomic mass is 16.6. The Morgan fingerprint density at radius 2 is 1.67 bits per heavy atom. The number of ether oxygens (including phenoxy) is 5. The van der Waals surface area contributed by atoms with Crippen molar-refractivity contribution in [3.05, 3.63) is 59.4 Å². The van der Waals surface area contributed by atoms with Gasteiger partial charge in [-0.05, 0) is 69.5 Å². The highest BCUT2D eigenvalue weighted by Crippen LogP contribution is 2.26. The first-order valence-corrected chi connectivity index (χ1v) is 17.6. The van der Waals surface area contributed by atoms with Gasteiger partial charge in [0, 0.05) is 51.1 Å². The maximum atomic E-state index is 13.6. The van der Waals surface area contributed by atoms with Crippen LogP contribution in [0.1, 0.15) is 61.8 Å². The highest BCUT2D eigenvalue weighted by molar-refractivity contribution is 5.96. The first-order valence-electron chi connectivity index (χ1n) is 17.6. The number of esters is 1. The molecule has 4 rings (SSSR count). The minimum atomic E-state index is -0.816. The van der Waals surface area contributed by atoms with Crippen LogP contribution in [-0.4, -0.2) is 122 Å². The summed E-state index contributed by atoms with van der Waals surface area (Å²) in [6.45, 7) is 9.36. The number of hydrogen-bond donors (Lipinski definition) is 3. The number of para-hydroxylation sites is 2. The Labute approximate surface area is 304 Å². The summed E-state index contributed by atoms with van der Waals surface area (Å²) >= 11 is 0. The molecule has 3 N–H and O–H groups in total. The van der Waals surface area contributed by atoms with E-state index >= 15 is 0 Å². The monoisotopic (exact) mass is 724 g/mol. The fraction of sp³-hybridized carbons (Fsp3) is 0.541. The molecular formula is C37H52N6O9. The van der Waals surface area contributed by atoms with Gasteiger partial charge in [0.1, 0.15) is 17.5 Å². The molecule has 0 spiro atoms. The normalized spacial score (nSPS) is 14.4. The van der Waals surface area contributed by atoms with Crippen molar-refractivity contribution in [1.29, 1.82) is 0 Å². The summed E-state index contributed by atoms with van der Waals surface area (Å²) in [4.78, 5) is 62.0. The zero-order chi connectivity index (χ0) is 37.5. The summed E-state index contributed by atoms with van der Waals surface area (Å²) in [6.07, 6.45) is 0.646. The number of carbonyl (C=O) groups is 4. The van der Waals surface area contributed by atoms with Gasteiger partial charge in [0.05, 0.1) is 57.5 Å². The number of rotatable bonds is 19. The molecule has 284 valence electrons. The van der Waals surface area contributed by atoms with Gasteiger partial charge in [0.15, 0.2) is 0 Å². The molecule has 3 amide bonds. The number of fused-ring (bicyclic) bond motifs is 2. The average molecular weight is 725 g/mol. The van der Waals surface area contributed by atoms with Crippen molar-refractivity contribution >= 4 is 40.6 Å². The van der Waals surface area contributed by atoms with Gasteiger partial charge in [-0.2, -0.15) is 0 Å². The molecule has 0 radical (unpaired) electrons. The van der Waals surface area contributed by atoms with Crippen LogP contribution < -0.4 is 10.6 Å². The van der Waals surface area contributed by atoms with Crippen molar-refractivity contribution in [2.45, 2.75) is 64.8 Å². The van der Waals surface area contributed by atoms with Gasteiger partial charge in [0.2, 0.25) is 5.91 Å². The number of H-pyrrole nitrogens is 1. The molecule has 15 nitrogen and oxygen atoms in total. The van der Waals surface area contributed by atoms with Crippen molar-refractivity contribution in [3.8, 4) is 0 Å². The second kappa shape index (κ2) is 19.8. The molecule has 0 saturated carbocycles. The Balaban J connectivity index is 1.20. The van der Waals surface area contributed by atoms with Gasteiger partial charge in [-0.3, -0.25) is 14.4 Å². The van der Waals surface area contributed by atoms with Gasteiger partial charge in [-0.15, -0.1) is 0 Å². The number of methoxy groups -OCH3 is 1. The molecule has 0 fully saturated rings. The van der Waals surface area contributed by atoms with Crippen LogP contribution in [0.2, 0.25) is 0 Å². The van der Waals surface area contributed by atoms with E-state index in [9.17, 15) is 19.2 Å². The molecule has 52 heavy (non-hydrogen) atoms. The van der Waals surface area contributed by atoms with Crippen LogP contribution in [-0.2, 0) is 46.4 Å². The molecule has 1 aliphatic rings. The number of nitrogens with one attached hydrogen (secondary N) is 3. The lowest BCUT2D eigenvalue weighted by atomic mass is 10.1. The van der Waals surface area contributed by atoms with Crippen LogP contribution in [0.15, 0.2) is 42.5 Å². The number of hydrogen-bond acceptors (Lipinski definition) is 11. The van der Waals surface area contributed by atoms with Crippen LogP contribution >= 0.6 is 0 Å². The molecule has 2 heterocycles. The van der Waals surface area contributed by atoms with Gasteiger partial charge in [-0.1, -0.05) is 12.1 Å². The molecule has 1 atom stereocenters. The van der Waals surface area contributed by atoms with Crippen LogP contribution in [0.25, 0.3) is 11.0 Å². The molecule has 15 heteroatoms.